The molecule has 0 radical (unpaired) electrons. The van der Waals surface area contributed by atoms with E-state index in [-0.39, 0.29) is 5.75 Å². The Morgan fingerprint density at radius 2 is 2.12 bits per heavy atom. The minimum absolute atomic E-state index is 0.110. The van der Waals surface area contributed by atoms with Crippen molar-refractivity contribution in [1.29, 1.82) is 0 Å². The molecule has 0 aliphatic rings. The van der Waals surface area contributed by atoms with Crippen molar-refractivity contribution < 1.29 is 8.42 Å². The van der Waals surface area contributed by atoms with Gasteiger partial charge in [-0.2, -0.15) is 0 Å². The fourth-order valence-corrected chi connectivity index (χ4v) is 1.73. The van der Waals surface area contributed by atoms with Crippen LogP contribution in [0.25, 0.3) is 0 Å². The van der Waals surface area contributed by atoms with E-state index in [0.29, 0.717) is 18.8 Å². The van der Waals surface area contributed by atoms with Crippen molar-refractivity contribution in [2.45, 2.75) is 6.54 Å². The smallest absolute Gasteiger partial charge is 0.148 e. The number of hydrogen-bond acceptors (Lipinski definition) is 5. The Bertz CT molecular complexity index is 457. The first-order chi connectivity index (χ1) is 7.51. The van der Waals surface area contributed by atoms with Crippen LogP contribution in [0.5, 0.6) is 0 Å². The molecule has 0 amide bonds. The second-order valence-corrected chi connectivity index (χ2v) is 5.83. The molecule has 0 aromatic heterocycles. The lowest BCUT2D eigenvalue weighted by Crippen LogP contribution is -2.21. The van der Waals surface area contributed by atoms with E-state index in [2.05, 4.69) is 10.5 Å². The molecule has 0 saturated heterocycles. The zero-order valence-corrected chi connectivity index (χ0v) is 9.83. The average Bonchev–Trinajstić information content (AvgIpc) is 2.23. The summed E-state index contributed by atoms with van der Waals surface area (Å²) in [6.07, 6.45) is 1.20. The van der Waals surface area contributed by atoms with Gasteiger partial charge in [0.2, 0.25) is 0 Å². The number of nitroso groups, excluding NO2 is 1. The molecular formula is C10H14N2O3S. The van der Waals surface area contributed by atoms with Gasteiger partial charge in [-0.15, -0.1) is 4.91 Å². The molecule has 0 spiro atoms. The van der Waals surface area contributed by atoms with Crippen molar-refractivity contribution >= 4 is 15.5 Å². The van der Waals surface area contributed by atoms with Gasteiger partial charge in [0.15, 0.2) is 0 Å². The van der Waals surface area contributed by atoms with E-state index < -0.39 is 9.84 Å². The summed E-state index contributed by atoms with van der Waals surface area (Å²) in [5.41, 5.74) is 1.29. The van der Waals surface area contributed by atoms with Gasteiger partial charge in [-0.1, -0.05) is 12.1 Å². The van der Waals surface area contributed by atoms with Gasteiger partial charge >= 0.3 is 0 Å². The lowest BCUT2D eigenvalue weighted by atomic mass is 10.2. The van der Waals surface area contributed by atoms with Crippen molar-refractivity contribution in [3.63, 3.8) is 0 Å². The van der Waals surface area contributed by atoms with Gasteiger partial charge in [0, 0.05) is 19.3 Å². The van der Waals surface area contributed by atoms with Crippen LogP contribution in [-0.2, 0) is 16.4 Å². The third-order valence-corrected chi connectivity index (χ3v) is 2.94. The lowest BCUT2D eigenvalue weighted by molar-refractivity contribution is 0.596. The van der Waals surface area contributed by atoms with Gasteiger partial charge in [-0.05, 0) is 22.9 Å². The number of hydrogen-bond donors (Lipinski definition) is 1. The van der Waals surface area contributed by atoms with Gasteiger partial charge in [0.05, 0.1) is 5.75 Å². The molecule has 1 N–H and O–H groups in total. The fraction of sp³-hybridized carbons (Fsp3) is 0.400. The van der Waals surface area contributed by atoms with Crippen molar-refractivity contribution in [2.24, 2.45) is 5.18 Å². The van der Waals surface area contributed by atoms with E-state index in [1.807, 2.05) is 6.07 Å². The Balaban J connectivity index is 2.40. The van der Waals surface area contributed by atoms with E-state index in [4.69, 9.17) is 0 Å². The maximum Gasteiger partial charge on any atom is 0.148 e. The number of nitrogens with zero attached hydrogens (tertiary/aromatic N) is 1. The zero-order chi connectivity index (χ0) is 12.0. The molecule has 6 heteroatoms. The van der Waals surface area contributed by atoms with Crippen LogP contribution in [-0.4, -0.2) is 27.0 Å². The normalized spacial score (nSPS) is 11.3. The standard InChI is InChI=1S/C10H14N2O3S/c1-16(14,15)6-5-11-8-9-3-2-4-10(7-9)12-13/h2-4,7,11H,5-6,8H2,1H3. The van der Waals surface area contributed by atoms with E-state index in [0.717, 1.165) is 5.56 Å². The number of benzene rings is 1. The highest BCUT2D eigenvalue weighted by Gasteiger charge is 2.01. The summed E-state index contributed by atoms with van der Waals surface area (Å²) < 4.78 is 21.7. The van der Waals surface area contributed by atoms with Crippen molar-refractivity contribution in [1.82, 2.24) is 5.32 Å². The Labute approximate surface area is 94.8 Å². The molecule has 1 aromatic carbocycles. The third-order valence-electron chi connectivity index (χ3n) is 1.99. The highest BCUT2D eigenvalue weighted by molar-refractivity contribution is 7.90. The Morgan fingerprint density at radius 1 is 1.38 bits per heavy atom. The molecule has 0 saturated carbocycles. The van der Waals surface area contributed by atoms with Crippen LogP contribution in [0, 0.1) is 4.91 Å². The van der Waals surface area contributed by atoms with Crippen molar-refractivity contribution in [3.8, 4) is 0 Å². The first kappa shape index (κ1) is 12.8. The molecular weight excluding hydrogens is 228 g/mol. The summed E-state index contributed by atoms with van der Waals surface area (Å²) in [5.74, 6) is 0.110. The molecule has 0 aliphatic carbocycles. The van der Waals surface area contributed by atoms with Crippen LogP contribution < -0.4 is 5.32 Å². The largest absolute Gasteiger partial charge is 0.312 e. The summed E-state index contributed by atoms with van der Waals surface area (Å²) in [4.78, 5) is 10.3. The topological polar surface area (TPSA) is 75.6 Å². The van der Waals surface area contributed by atoms with Gasteiger partial charge in [0.1, 0.15) is 15.5 Å². The Hall–Kier alpha value is -1.27. The van der Waals surface area contributed by atoms with Gasteiger partial charge in [-0.3, -0.25) is 0 Å². The molecule has 16 heavy (non-hydrogen) atoms. The SMILES string of the molecule is CS(=O)(=O)CCNCc1cccc(N=O)c1. The van der Waals surface area contributed by atoms with Crippen LogP contribution in [0.4, 0.5) is 5.69 Å². The zero-order valence-electron chi connectivity index (χ0n) is 9.01. The molecule has 0 heterocycles. The lowest BCUT2D eigenvalue weighted by Gasteiger charge is -2.04. The summed E-state index contributed by atoms with van der Waals surface area (Å²) in [6, 6.07) is 6.87. The van der Waals surface area contributed by atoms with Crippen molar-refractivity contribution in [2.75, 3.05) is 18.6 Å². The number of nitrogens with one attached hydrogen (secondary N) is 1. The van der Waals surface area contributed by atoms with Crippen LogP contribution in [0.15, 0.2) is 29.4 Å². The molecule has 0 fully saturated rings. The van der Waals surface area contributed by atoms with Crippen LogP contribution in [0.3, 0.4) is 0 Å². The third kappa shape index (κ3) is 4.99. The maximum atomic E-state index is 10.8. The molecule has 1 aromatic rings. The first-order valence-corrected chi connectivity index (χ1v) is 6.88. The molecule has 0 bridgehead atoms. The van der Waals surface area contributed by atoms with E-state index in [1.165, 1.54) is 6.26 Å². The van der Waals surface area contributed by atoms with E-state index >= 15 is 0 Å². The number of sulfone groups is 1. The first-order valence-electron chi connectivity index (χ1n) is 4.82. The molecule has 0 unspecified atom stereocenters. The molecule has 0 atom stereocenters. The Kier molecular flexibility index (Phi) is 4.57. The minimum atomic E-state index is -2.92. The molecule has 1 rings (SSSR count). The summed E-state index contributed by atoms with van der Waals surface area (Å²) in [5, 5.41) is 5.81. The summed E-state index contributed by atoms with van der Waals surface area (Å²) >= 11 is 0. The van der Waals surface area contributed by atoms with Gasteiger partial charge in [0.25, 0.3) is 0 Å². The van der Waals surface area contributed by atoms with Crippen LogP contribution in [0.2, 0.25) is 0 Å². The quantitative estimate of drug-likeness (QED) is 0.601. The van der Waals surface area contributed by atoms with Crippen LogP contribution >= 0.6 is 0 Å². The van der Waals surface area contributed by atoms with Crippen LogP contribution in [0.1, 0.15) is 5.56 Å². The molecule has 88 valence electrons. The maximum absolute atomic E-state index is 10.8. The Morgan fingerprint density at radius 3 is 2.75 bits per heavy atom. The average molecular weight is 242 g/mol. The molecule has 5 nitrogen and oxygen atoms in total. The number of rotatable bonds is 6. The summed E-state index contributed by atoms with van der Waals surface area (Å²) in [7, 11) is -2.92. The second kappa shape index (κ2) is 5.72. The van der Waals surface area contributed by atoms with Gasteiger partial charge < -0.3 is 5.32 Å². The van der Waals surface area contributed by atoms with E-state index in [1.54, 1.807) is 18.2 Å². The van der Waals surface area contributed by atoms with Crippen molar-refractivity contribution in [3.05, 3.63) is 34.7 Å². The highest BCUT2D eigenvalue weighted by Crippen LogP contribution is 2.12. The van der Waals surface area contributed by atoms with Gasteiger partial charge in [-0.25, -0.2) is 8.42 Å². The predicted octanol–water partition coefficient (Wildman–Crippen LogP) is 1.22. The van der Waals surface area contributed by atoms with E-state index in [9.17, 15) is 13.3 Å². The monoisotopic (exact) mass is 242 g/mol. The minimum Gasteiger partial charge on any atom is -0.312 e. The summed E-state index contributed by atoms with van der Waals surface area (Å²) in [6.45, 7) is 0.927. The second-order valence-electron chi connectivity index (χ2n) is 3.57. The molecule has 0 aliphatic heterocycles. The predicted molar refractivity (Wildman–Crippen MR) is 63.3 cm³/mol. The fourth-order valence-electron chi connectivity index (χ4n) is 1.21. The highest BCUT2D eigenvalue weighted by atomic mass is 32.2.